The van der Waals surface area contributed by atoms with Gasteiger partial charge in [-0.3, -0.25) is 14.4 Å². The van der Waals surface area contributed by atoms with Gasteiger partial charge in [-0.15, -0.1) is 0 Å². The molecule has 3 rings (SSSR count). The van der Waals surface area contributed by atoms with E-state index in [2.05, 4.69) is 0 Å². The number of phenolic OH excluding ortho intramolecular Hbond substituents is 4. The van der Waals surface area contributed by atoms with Gasteiger partial charge in [0.25, 0.3) is 0 Å². The highest BCUT2D eigenvalue weighted by molar-refractivity contribution is 6.30. The number of ketones is 3. The van der Waals surface area contributed by atoms with Crippen LogP contribution in [0.5, 0.6) is 23.0 Å². The molecule has 9 nitrogen and oxygen atoms in total. The summed E-state index contributed by atoms with van der Waals surface area (Å²) >= 11 is 0. The van der Waals surface area contributed by atoms with Gasteiger partial charge in [-0.05, 0) is 25.5 Å². The van der Waals surface area contributed by atoms with E-state index in [9.17, 15) is 44.7 Å². The zero-order valence-corrected chi connectivity index (χ0v) is 15.1. The van der Waals surface area contributed by atoms with Crippen molar-refractivity contribution in [2.45, 2.75) is 25.7 Å². The number of aliphatic carboxylic acids is 1. The van der Waals surface area contributed by atoms with Gasteiger partial charge in [0.05, 0.1) is 22.6 Å². The standard InChI is InChI=1S/C20H16O9/c1-7(21)2-3-9(20(28)29)14-13(24)6-11-16(18(14)26)19(27)15-10(17(11)25)4-8(22)5-12(15)23/h4-6,9,22-24,26H,2-3H2,1H3,(H,28,29)/t9-/m1/s1. The number of aromatic hydroxyl groups is 4. The van der Waals surface area contributed by atoms with E-state index in [1.54, 1.807) is 0 Å². The second-order valence-corrected chi connectivity index (χ2v) is 6.76. The quantitative estimate of drug-likeness (QED) is 0.429. The van der Waals surface area contributed by atoms with Crippen LogP contribution in [0.3, 0.4) is 0 Å². The fraction of sp³-hybridized carbons (Fsp3) is 0.200. The summed E-state index contributed by atoms with van der Waals surface area (Å²) in [6, 6.07) is 2.67. The van der Waals surface area contributed by atoms with Gasteiger partial charge in [0.2, 0.25) is 5.78 Å². The highest BCUT2D eigenvalue weighted by atomic mass is 16.4. The zero-order chi connectivity index (χ0) is 21.6. The van der Waals surface area contributed by atoms with Crippen molar-refractivity contribution in [3.8, 4) is 23.0 Å². The first-order valence-electron chi connectivity index (χ1n) is 8.51. The first kappa shape index (κ1) is 19.9. The van der Waals surface area contributed by atoms with E-state index in [0.717, 1.165) is 18.2 Å². The number of rotatable bonds is 5. The van der Waals surface area contributed by atoms with Crippen LogP contribution in [-0.2, 0) is 9.59 Å². The number of hydrogen-bond donors (Lipinski definition) is 5. The van der Waals surface area contributed by atoms with Gasteiger partial charge in [0, 0.05) is 23.6 Å². The number of phenols is 4. The molecule has 0 saturated carbocycles. The van der Waals surface area contributed by atoms with Gasteiger partial charge in [-0.1, -0.05) is 0 Å². The first-order valence-corrected chi connectivity index (χ1v) is 8.51. The lowest BCUT2D eigenvalue weighted by molar-refractivity contribution is -0.139. The van der Waals surface area contributed by atoms with Gasteiger partial charge in [-0.2, -0.15) is 0 Å². The number of carboxylic acid groups (broad SMARTS) is 1. The Morgan fingerprint density at radius 3 is 2.10 bits per heavy atom. The molecule has 0 bridgehead atoms. The van der Waals surface area contributed by atoms with Crippen molar-refractivity contribution < 1.29 is 44.7 Å². The molecule has 0 amide bonds. The molecule has 0 spiro atoms. The van der Waals surface area contributed by atoms with E-state index in [1.165, 1.54) is 6.92 Å². The van der Waals surface area contributed by atoms with Crippen LogP contribution in [-0.4, -0.2) is 48.9 Å². The molecule has 5 N–H and O–H groups in total. The number of hydrogen-bond acceptors (Lipinski definition) is 8. The topological polar surface area (TPSA) is 169 Å². The maximum absolute atomic E-state index is 12.9. The third-order valence-corrected chi connectivity index (χ3v) is 4.80. The van der Waals surface area contributed by atoms with Crippen LogP contribution in [0.2, 0.25) is 0 Å². The molecule has 1 aliphatic carbocycles. The van der Waals surface area contributed by atoms with E-state index in [4.69, 9.17) is 0 Å². The van der Waals surface area contributed by atoms with E-state index < -0.39 is 68.7 Å². The van der Waals surface area contributed by atoms with Gasteiger partial charge in [0.15, 0.2) is 5.78 Å². The van der Waals surface area contributed by atoms with Crippen LogP contribution in [0.1, 0.15) is 63.1 Å². The van der Waals surface area contributed by atoms with Crippen molar-refractivity contribution in [2.24, 2.45) is 0 Å². The van der Waals surface area contributed by atoms with Crippen LogP contribution >= 0.6 is 0 Å². The SMILES string of the molecule is CC(=O)CC[C@@H](C(=O)O)c1c(O)cc2c(c1O)C(=O)c1c(O)cc(O)cc1C2=O. The highest BCUT2D eigenvalue weighted by Gasteiger charge is 2.39. The van der Waals surface area contributed by atoms with Crippen molar-refractivity contribution in [1.29, 1.82) is 0 Å². The number of carbonyl (C=O) groups is 4. The minimum absolute atomic E-state index is 0.150. The number of fused-ring (bicyclic) bond motifs is 2. The molecular formula is C20H16O9. The number of carboxylic acids is 1. The molecule has 0 unspecified atom stereocenters. The summed E-state index contributed by atoms with van der Waals surface area (Å²) in [6.45, 7) is 1.25. The first-order chi connectivity index (χ1) is 13.5. The van der Waals surface area contributed by atoms with Gasteiger partial charge < -0.3 is 30.3 Å². The van der Waals surface area contributed by atoms with Crippen molar-refractivity contribution >= 4 is 23.3 Å². The third kappa shape index (κ3) is 3.16. The second-order valence-electron chi connectivity index (χ2n) is 6.76. The Kier molecular flexibility index (Phi) is 4.75. The van der Waals surface area contributed by atoms with Crippen LogP contribution < -0.4 is 0 Å². The Bertz CT molecular complexity index is 1100. The highest BCUT2D eigenvalue weighted by Crippen LogP contribution is 2.45. The normalized spacial score (nSPS) is 13.6. The predicted molar refractivity (Wildman–Crippen MR) is 96.7 cm³/mol. The summed E-state index contributed by atoms with van der Waals surface area (Å²) in [4.78, 5) is 48.5. The Hall–Kier alpha value is -3.88. The lowest BCUT2D eigenvalue weighted by Crippen LogP contribution is -2.23. The minimum atomic E-state index is -1.51. The molecule has 9 heteroatoms. The average molecular weight is 400 g/mol. The molecule has 1 aliphatic rings. The second kappa shape index (κ2) is 6.93. The largest absolute Gasteiger partial charge is 0.508 e. The number of Topliss-reactive ketones (excluding diaryl/α,β-unsaturated/α-hetero) is 1. The van der Waals surface area contributed by atoms with Gasteiger partial charge in [-0.25, -0.2) is 0 Å². The Balaban J connectivity index is 2.25. The number of carbonyl (C=O) groups excluding carboxylic acids is 3. The molecule has 2 aromatic rings. The van der Waals surface area contributed by atoms with Crippen molar-refractivity contribution in [1.82, 2.24) is 0 Å². The molecule has 2 aromatic carbocycles. The van der Waals surface area contributed by atoms with Gasteiger partial charge >= 0.3 is 5.97 Å². The summed E-state index contributed by atoms with van der Waals surface area (Å²) in [6.07, 6.45) is -0.398. The number of benzene rings is 2. The molecule has 29 heavy (non-hydrogen) atoms. The molecule has 1 atom stereocenters. The van der Waals surface area contributed by atoms with Crippen molar-refractivity contribution in [3.05, 3.63) is 46.0 Å². The molecule has 0 heterocycles. The summed E-state index contributed by atoms with van der Waals surface area (Å²) in [5.74, 6) is -7.89. The minimum Gasteiger partial charge on any atom is -0.508 e. The van der Waals surface area contributed by atoms with Crippen LogP contribution in [0.4, 0.5) is 0 Å². The predicted octanol–water partition coefficient (Wildman–Crippen LogP) is 1.82. The van der Waals surface area contributed by atoms with E-state index in [-0.39, 0.29) is 24.2 Å². The molecule has 150 valence electrons. The van der Waals surface area contributed by atoms with Crippen LogP contribution in [0.15, 0.2) is 18.2 Å². The summed E-state index contributed by atoms with van der Waals surface area (Å²) in [5.41, 5.74) is -2.24. The van der Waals surface area contributed by atoms with Gasteiger partial charge in [0.1, 0.15) is 28.8 Å². The molecular weight excluding hydrogens is 384 g/mol. The fourth-order valence-electron chi connectivity index (χ4n) is 3.46. The average Bonchev–Trinajstić information content (AvgIpc) is 2.60. The zero-order valence-electron chi connectivity index (χ0n) is 15.1. The molecule has 0 aliphatic heterocycles. The lowest BCUT2D eigenvalue weighted by atomic mass is 9.79. The maximum atomic E-state index is 12.9. The smallest absolute Gasteiger partial charge is 0.311 e. The summed E-state index contributed by atoms with van der Waals surface area (Å²) in [5, 5.41) is 50.1. The fourth-order valence-corrected chi connectivity index (χ4v) is 3.46. The Morgan fingerprint density at radius 1 is 0.897 bits per heavy atom. The Morgan fingerprint density at radius 2 is 1.52 bits per heavy atom. The van der Waals surface area contributed by atoms with Crippen LogP contribution in [0, 0.1) is 0 Å². The molecule has 0 radical (unpaired) electrons. The third-order valence-electron chi connectivity index (χ3n) is 4.80. The summed E-state index contributed by atoms with van der Waals surface area (Å²) < 4.78 is 0. The monoisotopic (exact) mass is 400 g/mol. The van der Waals surface area contributed by atoms with Crippen molar-refractivity contribution in [2.75, 3.05) is 0 Å². The molecule has 0 fully saturated rings. The van der Waals surface area contributed by atoms with E-state index in [0.29, 0.717) is 0 Å². The van der Waals surface area contributed by atoms with E-state index >= 15 is 0 Å². The maximum Gasteiger partial charge on any atom is 0.311 e. The molecule has 0 saturated heterocycles. The van der Waals surface area contributed by atoms with Crippen molar-refractivity contribution in [3.63, 3.8) is 0 Å². The Labute approximate surface area is 163 Å². The molecule has 0 aromatic heterocycles. The lowest BCUT2D eigenvalue weighted by Gasteiger charge is -2.23. The van der Waals surface area contributed by atoms with Crippen LogP contribution in [0.25, 0.3) is 0 Å². The van der Waals surface area contributed by atoms with E-state index in [1.807, 2.05) is 0 Å². The summed E-state index contributed by atoms with van der Waals surface area (Å²) in [7, 11) is 0.